The molecular weight excluding hydrogens is 332 g/mol. The first-order valence-electron chi connectivity index (χ1n) is 8.44. The van der Waals surface area contributed by atoms with E-state index >= 15 is 0 Å². The van der Waals surface area contributed by atoms with Crippen molar-refractivity contribution < 1.29 is 14.0 Å². The normalized spacial score (nSPS) is 15.1. The standard InChI is InChI=1S/C19H18N4O3/c24-18(7-6-15-14-20-17-5-1-2-8-23(15)17)21-9-11-22(12-10-21)19(25)16-4-3-13-26-16/h1-8,13-14H,9-12H2/b7-6+. The molecule has 132 valence electrons. The van der Waals surface area contributed by atoms with Gasteiger partial charge in [0.1, 0.15) is 5.65 Å². The van der Waals surface area contributed by atoms with E-state index in [-0.39, 0.29) is 11.8 Å². The third-order valence-corrected chi connectivity index (χ3v) is 4.45. The Kier molecular flexibility index (Phi) is 4.27. The van der Waals surface area contributed by atoms with Crippen molar-refractivity contribution in [3.8, 4) is 0 Å². The molecule has 0 spiro atoms. The second-order valence-corrected chi connectivity index (χ2v) is 6.04. The first-order valence-corrected chi connectivity index (χ1v) is 8.44. The number of piperazine rings is 1. The van der Waals surface area contributed by atoms with E-state index in [2.05, 4.69) is 4.98 Å². The molecule has 2 amide bonds. The zero-order valence-corrected chi connectivity index (χ0v) is 14.1. The van der Waals surface area contributed by atoms with Crippen LogP contribution in [0.25, 0.3) is 11.7 Å². The Hall–Kier alpha value is -3.35. The number of aromatic nitrogens is 2. The quantitative estimate of drug-likeness (QED) is 0.677. The second kappa shape index (κ2) is 6.87. The van der Waals surface area contributed by atoms with Crippen LogP contribution in [0, 0.1) is 0 Å². The molecule has 7 heteroatoms. The molecule has 0 bridgehead atoms. The molecule has 1 aliphatic rings. The SMILES string of the molecule is O=C(/C=C/c1cnc2ccccn12)N1CCN(C(=O)c2ccco2)CC1. The van der Waals surface area contributed by atoms with Crippen molar-refractivity contribution in [2.75, 3.05) is 26.2 Å². The van der Waals surface area contributed by atoms with Gasteiger partial charge in [-0.05, 0) is 30.3 Å². The van der Waals surface area contributed by atoms with Gasteiger partial charge in [0.25, 0.3) is 5.91 Å². The Morgan fingerprint density at radius 3 is 2.62 bits per heavy atom. The molecule has 0 aromatic carbocycles. The fourth-order valence-corrected chi connectivity index (χ4v) is 3.02. The van der Waals surface area contributed by atoms with Crippen LogP contribution in [0.4, 0.5) is 0 Å². The number of imidazole rings is 1. The van der Waals surface area contributed by atoms with Gasteiger partial charge in [-0.25, -0.2) is 4.98 Å². The van der Waals surface area contributed by atoms with E-state index in [1.165, 1.54) is 6.26 Å². The molecule has 7 nitrogen and oxygen atoms in total. The number of hydrogen-bond donors (Lipinski definition) is 0. The van der Waals surface area contributed by atoms with Crippen LogP contribution >= 0.6 is 0 Å². The average molecular weight is 350 g/mol. The molecule has 4 rings (SSSR count). The Balaban J connectivity index is 1.37. The highest BCUT2D eigenvalue weighted by Gasteiger charge is 2.25. The Morgan fingerprint density at radius 2 is 1.85 bits per heavy atom. The lowest BCUT2D eigenvalue weighted by Gasteiger charge is -2.33. The van der Waals surface area contributed by atoms with Crippen molar-refractivity contribution in [1.82, 2.24) is 19.2 Å². The predicted molar refractivity (Wildman–Crippen MR) is 95.4 cm³/mol. The highest BCUT2D eigenvalue weighted by molar-refractivity contribution is 5.93. The van der Waals surface area contributed by atoms with Gasteiger partial charge in [0, 0.05) is 38.5 Å². The van der Waals surface area contributed by atoms with Crippen LogP contribution < -0.4 is 0 Å². The summed E-state index contributed by atoms with van der Waals surface area (Å²) in [6.45, 7) is 2.00. The lowest BCUT2D eigenvalue weighted by atomic mass is 10.2. The van der Waals surface area contributed by atoms with E-state index in [0.717, 1.165) is 11.3 Å². The van der Waals surface area contributed by atoms with E-state index < -0.39 is 0 Å². The van der Waals surface area contributed by atoms with Crippen molar-refractivity contribution in [3.05, 3.63) is 66.5 Å². The van der Waals surface area contributed by atoms with Gasteiger partial charge in [0.2, 0.25) is 5.91 Å². The summed E-state index contributed by atoms with van der Waals surface area (Å²) in [6, 6.07) is 9.10. The van der Waals surface area contributed by atoms with Crippen molar-refractivity contribution in [1.29, 1.82) is 0 Å². The molecule has 1 aliphatic heterocycles. The zero-order chi connectivity index (χ0) is 17.9. The molecular formula is C19H18N4O3. The summed E-state index contributed by atoms with van der Waals surface area (Å²) in [5.41, 5.74) is 1.69. The molecule has 3 aromatic heterocycles. The maximum Gasteiger partial charge on any atom is 0.289 e. The monoisotopic (exact) mass is 350 g/mol. The Morgan fingerprint density at radius 1 is 1.04 bits per heavy atom. The number of pyridine rings is 1. The first-order chi connectivity index (χ1) is 12.7. The summed E-state index contributed by atoms with van der Waals surface area (Å²) in [4.78, 5) is 32.4. The van der Waals surface area contributed by atoms with Crippen LogP contribution in [-0.2, 0) is 4.79 Å². The fourth-order valence-electron chi connectivity index (χ4n) is 3.02. The van der Waals surface area contributed by atoms with Crippen LogP contribution in [-0.4, -0.2) is 57.2 Å². The number of hydrogen-bond acceptors (Lipinski definition) is 4. The summed E-state index contributed by atoms with van der Waals surface area (Å²) >= 11 is 0. The number of carbonyl (C=O) groups is 2. The van der Waals surface area contributed by atoms with Crippen molar-refractivity contribution in [3.63, 3.8) is 0 Å². The number of carbonyl (C=O) groups excluding carboxylic acids is 2. The van der Waals surface area contributed by atoms with E-state index in [1.54, 1.807) is 40.3 Å². The fraction of sp³-hybridized carbons (Fsp3) is 0.211. The number of fused-ring (bicyclic) bond motifs is 1. The van der Waals surface area contributed by atoms with Crippen LogP contribution in [0.2, 0.25) is 0 Å². The molecule has 0 radical (unpaired) electrons. The zero-order valence-electron chi connectivity index (χ0n) is 14.1. The van der Waals surface area contributed by atoms with Crippen LogP contribution in [0.1, 0.15) is 16.2 Å². The molecule has 0 N–H and O–H groups in total. The summed E-state index contributed by atoms with van der Waals surface area (Å²) in [7, 11) is 0. The third kappa shape index (κ3) is 3.11. The highest BCUT2D eigenvalue weighted by atomic mass is 16.3. The van der Waals surface area contributed by atoms with Gasteiger partial charge in [0.15, 0.2) is 5.76 Å². The van der Waals surface area contributed by atoms with Crippen molar-refractivity contribution >= 4 is 23.5 Å². The first kappa shape index (κ1) is 16.1. The molecule has 0 aliphatic carbocycles. The lowest BCUT2D eigenvalue weighted by molar-refractivity contribution is -0.127. The molecule has 3 aromatic rings. The van der Waals surface area contributed by atoms with Gasteiger partial charge in [-0.15, -0.1) is 0 Å². The summed E-state index contributed by atoms with van der Waals surface area (Å²) in [6.07, 6.45) is 8.45. The summed E-state index contributed by atoms with van der Waals surface area (Å²) in [5.74, 6) is 0.127. The Labute approximate surface area is 150 Å². The van der Waals surface area contributed by atoms with Gasteiger partial charge in [-0.2, -0.15) is 0 Å². The van der Waals surface area contributed by atoms with Gasteiger partial charge in [-0.3, -0.25) is 9.59 Å². The van der Waals surface area contributed by atoms with E-state index in [1.807, 2.05) is 28.8 Å². The molecule has 0 unspecified atom stereocenters. The van der Waals surface area contributed by atoms with Crippen LogP contribution in [0.15, 0.2) is 59.5 Å². The highest BCUT2D eigenvalue weighted by Crippen LogP contribution is 2.11. The number of nitrogens with zero attached hydrogens (tertiary/aromatic N) is 4. The lowest BCUT2D eigenvalue weighted by Crippen LogP contribution is -2.50. The largest absolute Gasteiger partial charge is 0.459 e. The molecule has 4 heterocycles. The predicted octanol–water partition coefficient (Wildman–Crippen LogP) is 1.93. The van der Waals surface area contributed by atoms with Crippen LogP contribution in [0.5, 0.6) is 0 Å². The number of rotatable bonds is 3. The number of amides is 2. The van der Waals surface area contributed by atoms with E-state index in [4.69, 9.17) is 4.42 Å². The minimum Gasteiger partial charge on any atom is -0.459 e. The third-order valence-electron chi connectivity index (χ3n) is 4.45. The second-order valence-electron chi connectivity index (χ2n) is 6.04. The van der Waals surface area contributed by atoms with E-state index in [9.17, 15) is 9.59 Å². The molecule has 1 fully saturated rings. The Bertz CT molecular complexity index is 950. The van der Waals surface area contributed by atoms with Crippen molar-refractivity contribution in [2.45, 2.75) is 0 Å². The maximum absolute atomic E-state index is 12.4. The molecule has 0 atom stereocenters. The maximum atomic E-state index is 12.4. The van der Waals surface area contributed by atoms with Crippen LogP contribution in [0.3, 0.4) is 0 Å². The summed E-state index contributed by atoms with van der Waals surface area (Å²) < 4.78 is 7.07. The van der Waals surface area contributed by atoms with Gasteiger partial charge in [0.05, 0.1) is 18.2 Å². The summed E-state index contributed by atoms with van der Waals surface area (Å²) in [5, 5.41) is 0. The van der Waals surface area contributed by atoms with E-state index in [0.29, 0.717) is 31.9 Å². The molecule has 26 heavy (non-hydrogen) atoms. The average Bonchev–Trinajstić information content (AvgIpc) is 3.36. The van der Waals surface area contributed by atoms with Gasteiger partial charge in [-0.1, -0.05) is 6.07 Å². The minimum atomic E-state index is -0.136. The van der Waals surface area contributed by atoms with Gasteiger partial charge < -0.3 is 18.6 Å². The van der Waals surface area contributed by atoms with Crippen molar-refractivity contribution in [2.24, 2.45) is 0 Å². The molecule has 1 saturated heterocycles. The topological polar surface area (TPSA) is 71.1 Å². The minimum absolute atomic E-state index is 0.0685. The van der Waals surface area contributed by atoms with Gasteiger partial charge >= 0.3 is 0 Å². The number of furan rings is 1. The smallest absolute Gasteiger partial charge is 0.289 e. The molecule has 0 saturated carbocycles.